The van der Waals surface area contributed by atoms with E-state index in [1.165, 1.54) is 0 Å². The van der Waals surface area contributed by atoms with E-state index in [-0.39, 0.29) is 12.2 Å². The third kappa shape index (κ3) is 14.1. The second-order valence-corrected chi connectivity index (χ2v) is 9.60. The molecule has 1 saturated heterocycles. The summed E-state index contributed by atoms with van der Waals surface area (Å²) in [4.78, 5) is 28.2. The number of alkyl carbamates (subject to hydrolysis) is 2. The summed E-state index contributed by atoms with van der Waals surface area (Å²) in [6, 6.07) is 0. The minimum Gasteiger partial charge on any atom is -0.444 e. The van der Waals surface area contributed by atoms with Crippen LogP contribution in [-0.4, -0.2) is 85.5 Å². The summed E-state index contributed by atoms with van der Waals surface area (Å²) in [7, 11) is 0. The SMILES string of the molecule is CC(C)(C)OC(=O)NCCCN1CCCN(CCCNC(=O)OC(C)(C)C)CC1. The molecule has 8 heteroatoms. The lowest BCUT2D eigenvalue weighted by atomic mass is 10.2. The number of nitrogens with one attached hydrogen (secondary N) is 2. The summed E-state index contributed by atoms with van der Waals surface area (Å²) in [6.07, 6.45) is 2.27. The average molecular weight is 415 g/mol. The van der Waals surface area contributed by atoms with Crippen molar-refractivity contribution in [3.8, 4) is 0 Å². The van der Waals surface area contributed by atoms with Gasteiger partial charge in [-0.1, -0.05) is 0 Å². The zero-order valence-corrected chi connectivity index (χ0v) is 19.3. The predicted octanol–water partition coefficient (Wildman–Crippen LogP) is 2.82. The molecule has 29 heavy (non-hydrogen) atoms. The Morgan fingerprint density at radius 3 is 1.45 bits per heavy atom. The molecule has 8 nitrogen and oxygen atoms in total. The van der Waals surface area contributed by atoms with E-state index in [0.29, 0.717) is 13.1 Å². The van der Waals surface area contributed by atoms with Gasteiger partial charge in [-0.25, -0.2) is 9.59 Å². The Morgan fingerprint density at radius 2 is 1.10 bits per heavy atom. The molecule has 0 aliphatic carbocycles. The van der Waals surface area contributed by atoms with Crippen molar-refractivity contribution in [2.75, 3.05) is 52.4 Å². The van der Waals surface area contributed by atoms with Crippen molar-refractivity contribution in [1.29, 1.82) is 0 Å². The van der Waals surface area contributed by atoms with E-state index in [2.05, 4.69) is 20.4 Å². The lowest BCUT2D eigenvalue weighted by Gasteiger charge is -2.23. The van der Waals surface area contributed by atoms with Crippen LogP contribution < -0.4 is 10.6 Å². The van der Waals surface area contributed by atoms with E-state index in [1.54, 1.807) is 0 Å². The van der Waals surface area contributed by atoms with Gasteiger partial charge in [-0.3, -0.25) is 0 Å². The van der Waals surface area contributed by atoms with Gasteiger partial charge in [-0.2, -0.15) is 0 Å². The third-order valence-electron chi connectivity index (χ3n) is 4.32. The highest BCUT2D eigenvalue weighted by Gasteiger charge is 2.18. The molecule has 0 aromatic heterocycles. The average Bonchev–Trinajstić information content (AvgIpc) is 2.78. The largest absolute Gasteiger partial charge is 0.444 e. The lowest BCUT2D eigenvalue weighted by molar-refractivity contribution is 0.0513. The van der Waals surface area contributed by atoms with Crippen LogP contribution in [0.2, 0.25) is 0 Å². The number of rotatable bonds is 8. The van der Waals surface area contributed by atoms with Gasteiger partial charge in [0.15, 0.2) is 0 Å². The van der Waals surface area contributed by atoms with Crippen molar-refractivity contribution >= 4 is 12.2 Å². The second kappa shape index (κ2) is 12.2. The van der Waals surface area contributed by atoms with E-state index in [9.17, 15) is 9.59 Å². The molecule has 0 unspecified atom stereocenters. The van der Waals surface area contributed by atoms with Gasteiger partial charge in [0.05, 0.1) is 0 Å². The zero-order chi connectivity index (χ0) is 21.9. The van der Waals surface area contributed by atoms with E-state index in [0.717, 1.165) is 58.5 Å². The molecular weight excluding hydrogens is 372 g/mol. The van der Waals surface area contributed by atoms with Crippen LogP contribution in [0.25, 0.3) is 0 Å². The molecule has 1 rings (SSSR count). The molecule has 0 bridgehead atoms. The van der Waals surface area contributed by atoms with E-state index in [4.69, 9.17) is 9.47 Å². The molecule has 1 fully saturated rings. The highest BCUT2D eigenvalue weighted by atomic mass is 16.6. The van der Waals surface area contributed by atoms with Crippen molar-refractivity contribution in [2.45, 2.75) is 72.0 Å². The number of carbonyl (C=O) groups is 2. The van der Waals surface area contributed by atoms with Crippen LogP contribution in [0.15, 0.2) is 0 Å². The highest BCUT2D eigenvalue weighted by molar-refractivity contribution is 5.67. The number of hydrogen-bond acceptors (Lipinski definition) is 6. The first-order valence-corrected chi connectivity index (χ1v) is 10.8. The lowest BCUT2D eigenvalue weighted by Crippen LogP contribution is -2.36. The topological polar surface area (TPSA) is 83.1 Å². The van der Waals surface area contributed by atoms with Crippen molar-refractivity contribution in [1.82, 2.24) is 20.4 Å². The molecule has 0 aromatic rings. The van der Waals surface area contributed by atoms with Crippen molar-refractivity contribution < 1.29 is 19.1 Å². The zero-order valence-electron chi connectivity index (χ0n) is 19.3. The quantitative estimate of drug-likeness (QED) is 0.594. The molecule has 0 spiro atoms. The van der Waals surface area contributed by atoms with Crippen molar-refractivity contribution in [3.05, 3.63) is 0 Å². The Morgan fingerprint density at radius 1 is 0.724 bits per heavy atom. The molecular formula is C21H42N4O4. The Hall–Kier alpha value is -1.54. The van der Waals surface area contributed by atoms with Gasteiger partial charge in [-0.05, 0) is 87.0 Å². The summed E-state index contributed by atoms with van der Waals surface area (Å²) in [5.74, 6) is 0. The molecule has 0 radical (unpaired) electrons. The van der Waals surface area contributed by atoms with Crippen LogP contribution in [0.5, 0.6) is 0 Å². The molecule has 0 saturated carbocycles. The summed E-state index contributed by atoms with van der Waals surface area (Å²) in [5.41, 5.74) is -0.915. The van der Waals surface area contributed by atoms with Crippen LogP contribution in [0.1, 0.15) is 60.8 Å². The number of carbonyl (C=O) groups excluding carboxylic acids is 2. The minimum atomic E-state index is -0.458. The highest BCUT2D eigenvalue weighted by Crippen LogP contribution is 2.08. The molecule has 0 atom stereocenters. The third-order valence-corrected chi connectivity index (χ3v) is 4.32. The number of amides is 2. The smallest absolute Gasteiger partial charge is 0.407 e. The predicted molar refractivity (Wildman–Crippen MR) is 115 cm³/mol. The summed E-state index contributed by atoms with van der Waals surface area (Å²) in [5, 5.41) is 5.64. The van der Waals surface area contributed by atoms with Gasteiger partial charge in [-0.15, -0.1) is 0 Å². The van der Waals surface area contributed by atoms with Crippen LogP contribution in [0, 0.1) is 0 Å². The van der Waals surface area contributed by atoms with Gasteiger partial charge in [0, 0.05) is 26.2 Å². The van der Waals surface area contributed by atoms with Gasteiger partial charge >= 0.3 is 12.2 Å². The van der Waals surface area contributed by atoms with Crippen LogP contribution in [0.3, 0.4) is 0 Å². The molecule has 1 aliphatic rings. The van der Waals surface area contributed by atoms with Gasteiger partial charge in [0.2, 0.25) is 0 Å². The van der Waals surface area contributed by atoms with Crippen molar-refractivity contribution in [2.24, 2.45) is 0 Å². The molecule has 1 heterocycles. The maximum absolute atomic E-state index is 11.7. The second-order valence-electron chi connectivity index (χ2n) is 9.60. The Bertz CT molecular complexity index is 456. The molecule has 1 aliphatic heterocycles. The monoisotopic (exact) mass is 414 g/mol. The number of hydrogen-bond donors (Lipinski definition) is 2. The molecule has 2 amide bonds. The number of ether oxygens (including phenoxy) is 2. The summed E-state index contributed by atoms with van der Waals surface area (Å²) in [6.45, 7) is 18.6. The normalized spacial score (nSPS) is 16.8. The first kappa shape index (κ1) is 25.5. The van der Waals surface area contributed by atoms with Crippen LogP contribution in [0.4, 0.5) is 9.59 Å². The fourth-order valence-electron chi connectivity index (χ4n) is 3.09. The molecule has 0 aromatic carbocycles. The Labute approximate surface area is 176 Å². The first-order valence-electron chi connectivity index (χ1n) is 10.8. The van der Waals surface area contributed by atoms with Crippen LogP contribution in [-0.2, 0) is 9.47 Å². The summed E-state index contributed by atoms with van der Waals surface area (Å²) < 4.78 is 10.5. The van der Waals surface area contributed by atoms with E-state index >= 15 is 0 Å². The fraction of sp³-hybridized carbons (Fsp3) is 0.905. The molecule has 2 N–H and O–H groups in total. The van der Waals surface area contributed by atoms with Gasteiger partial charge in [0.1, 0.15) is 11.2 Å². The van der Waals surface area contributed by atoms with Gasteiger partial charge < -0.3 is 29.9 Å². The maximum atomic E-state index is 11.7. The molecule has 170 valence electrons. The fourth-order valence-corrected chi connectivity index (χ4v) is 3.09. The Kier molecular flexibility index (Phi) is 10.7. The van der Waals surface area contributed by atoms with E-state index in [1.807, 2.05) is 41.5 Å². The first-order chi connectivity index (χ1) is 13.4. The number of nitrogens with zero attached hydrogens (tertiary/aromatic N) is 2. The minimum absolute atomic E-state index is 0.348. The van der Waals surface area contributed by atoms with Crippen LogP contribution >= 0.6 is 0 Å². The summed E-state index contributed by atoms with van der Waals surface area (Å²) >= 11 is 0. The van der Waals surface area contributed by atoms with E-state index < -0.39 is 11.2 Å². The maximum Gasteiger partial charge on any atom is 0.407 e. The van der Waals surface area contributed by atoms with Crippen molar-refractivity contribution in [3.63, 3.8) is 0 Å². The standard InChI is InChI=1S/C21H42N4O4/c1-20(2,3)28-18(26)22-10-7-12-24-14-9-15-25(17-16-24)13-8-11-23-19(27)29-21(4,5)6/h7-17H2,1-6H3,(H,22,26)(H,23,27). The Balaban J connectivity index is 2.12. The van der Waals surface area contributed by atoms with Gasteiger partial charge in [0.25, 0.3) is 0 Å².